The molecule has 12 atom stereocenters. The first-order chi connectivity index (χ1) is 13.3. The highest BCUT2D eigenvalue weighted by atomic mass is 16.6. The number of fused-ring (bicyclic) bond motifs is 2. The minimum Gasteiger partial charge on any atom is -0.457 e. The van der Waals surface area contributed by atoms with Crippen LogP contribution in [0.25, 0.3) is 0 Å². The highest BCUT2D eigenvalue weighted by molar-refractivity contribution is 5.96. The van der Waals surface area contributed by atoms with Crippen molar-refractivity contribution in [1.82, 2.24) is 0 Å². The van der Waals surface area contributed by atoms with E-state index in [9.17, 15) is 40.2 Å². The number of ether oxygens (including phenoxy) is 1. The molecule has 0 unspecified atom stereocenters. The zero-order valence-corrected chi connectivity index (χ0v) is 16.7. The summed E-state index contributed by atoms with van der Waals surface area (Å²) in [6.07, 6.45) is -8.29. The lowest BCUT2D eigenvalue weighted by molar-refractivity contribution is -0.371. The van der Waals surface area contributed by atoms with Crippen LogP contribution >= 0.6 is 0 Å². The molecule has 4 aliphatic rings. The van der Waals surface area contributed by atoms with Crippen molar-refractivity contribution in [2.75, 3.05) is 0 Å². The molecule has 0 radical (unpaired) electrons. The van der Waals surface area contributed by atoms with E-state index in [1.54, 1.807) is 6.92 Å². The van der Waals surface area contributed by atoms with E-state index in [1.807, 2.05) is 0 Å². The van der Waals surface area contributed by atoms with E-state index < -0.39 is 82.6 Å². The Morgan fingerprint density at radius 3 is 2.14 bits per heavy atom. The Hall–Kier alpha value is -1.36. The number of aliphatic hydroxyl groups excluding tert-OH is 5. The molecule has 1 aliphatic heterocycles. The first-order valence-electron chi connectivity index (χ1n) is 9.82. The molecular formula is C20H28O9. The number of aliphatic hydroxyl groups is 6. The Balaban J connectivity index is 2.06. The average molecular weight is 412 g/mol. The molecule has 3 aliphatic carbocycles. The zero-order chi connectivity index (χ0) is 21.8. The van der Waals surface area contributed by atoms with E-state index in [0.29, 0.717) is 5.57 Å². The van der Waals surface area contributed by atoms with E-state index in [4.69, 9.17) is 4.74 Å². The Morgan fingerprint density at radius 2 is 1.55 bits per heavy atom. The lowest BCUT2D eigenvalue weighted by Gasteiger charge is -2.72. The summed E-state index contributed by atoms with van der Waals surface area (Å²) in [5.41, 5.74) is -5.01. The smallest absolute Gasteiger partial charge is 0.338 e. The van der Waals surface area contributed by atoms with Crippen molar-refractivity contribution in [2.24, 2.45) is 28.6 Å². The van der Waals surface area contributed by atoms with Gasteiger partial charge in [-0.15, -0.1) is 0 Å². The maximum Gasteiger partial charge on any atom is 0.338 e. The molecule has 0 aromatic carbocycles. The molecule has 1 saturated heterocycles. The molecule has 2 saturated carbocycles. The summed E-state index contributed by atoms with van der Waals surface area (Å²) in [6, 6.07) is 0. The van der Waals surface area contributed by atoms with Crippen LogP contribution in [0.4, 0.5) is 0 Å². The van der Waals surface area contributed by atoms with Crippen molar-refractivity contribution in [3.05, 3.63) is 11.6 Å². The molecule has 0 amide bonds. The number of carbonyl (C=O) groups is 2. The van der Waals surface area contributed by atoms with E-state index in [-0.39, 0.29) is 0 Å². The van der Waals surface area contributed by atoms with E-state index in [1.165, 1.54) is 26.8 Å². The summed E-state index contributed by atoms with van der Waals surface area (Å²) < 4.78 is 5.37. The molecule has 29 heavy (non-hydrogen) atoms. The van der Waals surface area contributed by atoms with Crippen LogP contribution in [-0.4, -0.2) is 84.6 Å². The molecule has 0 aromatic heterocycles. The van der Waals surface area contributed by atoms with Gasteiger partial charge in [-0.25, -0.2) is 4.79 Å². The third-order valence-electron chi connectivity index (χ3n) is 8.59. The molecule has 162 valence electrons. The van der Waals surface area contributed by atoms with E-state index in [2.05, 4.69) is 0 Å². The second-order valence-electron chi connectivity index (χ2n) is 9.64. The number of ketones is 1. The predicted molar refractivity (Wildman–Crippen MR) is 96.0 cm³/mol. The van der Waals surface area contributed by atoms with Crippen molar-refractivity contribution >= 4 is 11.8 Å². The fourth-order valence-electron chi connectivity index (χ4n) is 7.26. The molecule has 0 spiro atoms. The lowest BCUT2D eigenvalue weighted by atomic mass is 9.36. The molecule has 1 heterocycles. The van der Waals surface area contributed by atoms with Crippen molar-refractivity contribution < 1.29 is 45.0 Å². The van der Waals surface area contributed by atoms with Gasteiger partial charge in [0.05, 0.1) is 18.3 Å². The van der Waals surface area contributed by atoms with Crippen molar-refractivity contribution in [3.63, 3.8) is 0 Å². The second kappa shape index (κ2) is 5.87. The monoisotopic (exact) mass is 412 g/mol. The molecule has 6 N–H and O–H groups in total. The summed E-state index contributed by atoms with van der Waals surface area (Å²) in [7, 11) is 0. The van der Waals surface area contributed by atoms with Crippen LogP contribution in [0.3, 0.4) is 0 Å². The quantitative estimate of drug-likeness (QED) is 0.244. The van der Waals surface area contributed by atoms with Crippen LogP contribution < -0.4 is 0 Å². The van der Waals surface area contributed by atoms with Gasteiger partial charge in [-0.1, -0.05) is 26.3 Å². The molecule has 9 nitrogen and oxygen atoms in total. The van der Waals surface area contributed by atoms with Crippen LogP contribution in [0.15, 0.2) is 11.6 Å². The van der Waals surface area contributed by atoms with Crippen molar-refractivity contribution in [1.29, 1.82) is 0 Å². The molecule has 9 heteroatoms. The normalized spacial score (nSPS) is 59.4. The predicted octanol–water partition coefficient (Wildman–Crippen LogP) is -2.12. The topological polar surface area (TPSA) is 165 Å². The number of hydrogen-bond donors (Lipinski definition) is 6. The Kier molecular flexibility index (Phi) is 4.23. The first-order valence-corrected chi connectivity index (χ1v) is 9.82. The minimum atomic E-state index is -2.27. The maximum absolute atomic E-state index is 12.5. The largest absolute Gasteiger partial charge is 0.457 e. The lowest BCUT2D eigenvalue weighted by Crippen LogP contribution is -2.85. The second-order valence-corrected chi connectivity index (χ2v) is 9.64. The fourth-order valence-corrected chi connectivity index (χ4v) is 7.26. The van der Waals surface area contributed by atoms with Gasteiger partial charge in [0, 0.05) is 28.6 Å². The zero-order valence-electron chi connectivity index (χ0n) is 16.7. The molecule has 3 fully saturated rings. The van der Waals surface area contributed by atoms with Crippen LogP contribution in [0.1, 0.15) is 27.7 Å². The summed E-state index contributed by atoms with van der Waals surface area (Å²) >= 11 is 0. The standard InChI is InChI=1S/C20H28O9/c1-6-5-8(21)14(25)18(3)9(6)11(23)16-19(4)13(18)12(24)10(22)7(2)20(19,28)15(26)17(27)29-16/h5,7,9-16,22-26,28H,1-4H3/t7-,9+,10+,11+,12-,13+,14+,15-,16+,18-,19-,20-/m0/s1. The van der Waals surface area contributed by atoms with Gasteiger partial charge in [-0.2, -0.15) is 0 Å². The molecular weight excluding hydrogens is 384 g/mol. The summed E-state index contributed by atoms with van der Waals surface area (Å²) in [4.78, 5) is 24.9. The van der Waals surface area contributed by atoms with Crippen LogP contribution in [-0.2, 0) is 14.3 Å². The molecule has 0 bridgehead atoms. The average Bonchev–Trinajstić information content (AvgIpc) is 2.64. The van der Waals surface area contributed by atoms with E-state index in [0.717, 1.165) is 0 Å². The van der Waals surface area contributed by atoms with Crippen molar-refractivity contribution in [2.45, 2.75) is 69.9 Å². The molecule has 4 rings (SSSR count). The van der Waals surface area contributed by atoms with Gasteiger partial charge < -0.3 is 35.4 Å². The summed E-state index contributed by atoms with van der Waals surface area (Å²) in [5, 5.41) is 66.3. The van der Waals surface area contributed by atoms with Gasteiger partial charge >= 0.3 is 5.97 Å². The third-order valence-corrected chi connectivity index (χ3v) is 8.59. The summed E-state index contributed by atoms with van der Waals surface area (Å²) in [5.74, 6) is -4.99. The Bertz CT molecular complexity index is 810. The van der Waals surface area contributed by atoms with Gasteiger partial charge in [0.15, 0.2) is 11.9 Å². The van der Waals surface area contributed by atoms with Gasteiger partial charge in [-0.05, 0) is 13.0 Å². The van der Waals surface area contributed by atoms with Crippen LogP contribution in [0, 0.1) is 28.6 Å². The van der Waals surface area contributed by atoms with Gasteiger partial charge in [0.25, 0.3) is 0 Å². The van der Waals surface area contributed by atoms with Gasteiger partial charge in [-0.3, -0.25) is 4.79 Å². The number of rotatable bonds is 0. The van der Waals surface area contributed by atoms with Crippen molar-refractivity contribution in [3.8, 4) is 0 Å². The maximum atomic E-state index is 12.5. The third kappa shape index (κ3) is 2.01. The SMILES string of the molecule is CC1=CC(=O)[C@@H](O)[C@@]2(C)[C@H]1[C@@H](O)[C@H]1OC(=O)[C@H](O)[C@@]3(O)[C@@H](C)[C@@H](O)[C@H](O)[C@H]2[C@@]13C. The van der Waals surface area contributed by atoms with E-state index >= 15 is 0 Å². The highest BCUT2D eigenvalue weighted by Gasteiger charge is 2.81. The minimum absolute atomic E-state index is 0.434. The Morgan fingerprint density at radius 1 is 0.966 bits per heavy atom. The molecule has 0 aromatic rings. The van der Waals surface area contributed by atoms with Crippen LogP contribution in [0.2, 0.25) is 0 Å². The van der Waals surface area contributed by atoms with Crippen LogP contribution in [0.5, 0.6) is 0 Å². The number of carbonyl (C=O) groups excluding carboxylic acids is 2. The van der Waals surface area contributed by atoms with Gasteiger partial charge in [0.1, 0.15) is 17.8 Å². The highest BCUT2D eigenvalue weighted by Crippen LogP contribution is 2.69. The summed E-state index contributed by atoms with van der Waals surface area (Å²) in [6.45, 7) is 5.96. The number of hydrogen-bond acceptors (Lipinski definition) is 9. The first kappa shape index (κ1) is 20.9. The number of esters is 1. The van der Waals surface area contributed by atoms with Gasteiger partial charge in [0.2, 0.25) is 0 Å². The fraction of sp³-hybridized carbons (Fsp3) is 0.800. The Labute approximate surface area is 167 Å².